The van der Waals surface area contributed by atoms with Crippen molar-refractivity contribution in [3.63, 3.8) is 0 Å². The second kappa shape index (κ2) is 7.32. The molecule has 1 aliphatic heterocycles. The van der Waals surface area contributed by atoms with E-state index in [4.69, 9.17) is 21.4 Å². The van der Waals surface area contributed by atoms with Crippen molar-refractivity contribution in [2.24, 2.45) is 0 Å². The summed E-state index contributed by atoms with van der Waals surface area (Å²) in [5.74, 6) is 0.490. The number of rotatable bonds is 2. The van der Waals surface area contributed by atoms with Gasteiger partial charge in [0, 0.05) is 17.7 Å². The maximum absolute atomic E-state index is 13.0. The van der Waals surface area contributed by atoms with E-state index in [0.717, 1.165) is 18.4 Å². The maximum atomic E-state index is 13.0. The van der Waals surface area contributed by atoms with Gasteiger partial charge in [-0.1, -0.05) is 25.7 Å². The predicted molar refractivity (Wildman–Crippen MR) is 99.4 cm³/mol. The van der Waals surface area contributed by atoms with Gasteiger partial charge in [-0.05, 0) is 49.3 Å². The normalized spacial score (nSPS) is 20.1. The quantitative estimate of drug-likeness (QED) is 0.807. The van der Waals surface area contributed by atoms with Gasteiger partial charge < -0.3 is 14.1 Å². The Morgan fingerprint density at radius 1 is 1.15 bits per heavy atom. The molecular weight excluding hydrogens is 350 g/mol. The summed E-state index contributed by atoms with van der Waals surface area (Å²) in [6.07, 6.45) is 7.03. The van der Waals surface area contributed by atoms with Crippen molar-refractivity contribution in [2.45, 2.75) is 44.1 Å². The van der Waals surface area contributed by atoms with Crippen LogP contribution in [-0.2, 0) is 4.74 Å². The Bertz CT molecular complexity index is 819. The Hall–Kier alpha value is -1.99. The molecule has 0 atom stereocenters. The number of nitrogens with zero attached hydrogens (tertiary/aromatic N) is 2. The van der Waals surface area contributed by atoms with Gasteiger partial charge in [0.1, 0.15) is 0 Å². The van der Waals surface area contributed by atoms with Crippen LogP contribution in [0.15, 0.2) is 28.7 Å². The van der Waals surface area contributed by atoms with Crippen molar-refractivity contribution in [3.05, 3.63) is 34.7 Å². The highest BCUT2D eigenvalue weighted by molar-refractivity contribution is 7.71. The van der Waals surface area contributed by atoms with Crippen molar-refractivity contribution >= 4 is 18.1 Å². The molecule has 2 aliphatic rings. The van der Waals surface area contributed by atoms with Gasteiger partial charge in [0.05, 0.1) is 18.8 Å². The number of ether oxygens (including phenoxy) is 1. The monoisotopic (exact) mass is 373 g/mol. The summed E-state index contributed by atoms with van der Waals surface area (Å²) in [6, 6.07) is 7.31. The SMILES string of the molecule is O=C(c1ccc(-c2n[nH]c(=S)o2)cc1)N1CCOC2(CCCCCC2)C1. The summed E-state index contributed by atoms with van der Waals surface area (Å²) >= 11 is 4.90. The number of hydrogen-bond donors (Lipinski definition) is 1. The third-order valence-electron chi connectivity index (χ3n) is 5.37. The molecule has 2 heterocycles. The largest absolute Gasteiger partial charge is 0.409 e. The van der Waals surface area contributed by atoms with Crippen molar-refractivity contribution in [1.29, 1.82) is 0 Å². The van der Waals surface area contributed by atoms with E-state index >= 15 is 0 Å². The fourth-order valence-electron chi connectivity index (χ4n) is 3.98. The van der Waals surface area contributed by atoms with Crippen LogP contribution in [0.1, 0.15) is 48.9 Å². The highest BCUT2D eigenvalue weighted by Crippen LogP contribution is 2.33. The van der Waals surface area contributed by atoms with Gasteiger partial charge in [-0.25, -0.2) is 5.10 Å². The van der Waals surface area contributed by atoms with Crippen LogP contribution in [0.5, 0.6) is 0 Å². The second-order valence-corrected chi connectivity index (χ2v) is 7.54. The molecule has 4 rings (SSSR count). The third-order valence-corrected chi connectivity index (χ3v) is 5.54. The number of aromatic nitrogens is 2. The molecule has 0 radical (unpaired) electrons. The molecule has 1 aliphatic carbocycles. The van der Waals surface area contributed by atoms with E-state index < -0.39 is 0 Å². The summed E-state index contributed by atoms with van der Waals surface area (Å²) in [7, 11) is 0. The average molecular weight is 373 g/mol. The summed E-state index contributed by atoms with van der Waals surface area (Å²) in [6.45, 7) is 1.97. The molecule has 0 bridgehead atoms. The first kappa shape index (κ1) is 17.4. The zero-order valence-electron chi connectivity index (χ0n) is 14.7. The third kappa shape index (κ3) is 3.59. The zero-order valence-corrected chi connectivity index (χ0v) is 15.5. The molecule has 1 saturated heterocycles. The molecule has 2 aromatic rings. The molecule has 1 N–H and O–H groups in total. The van der Waals surface area contributed by atoms with Crippen molar-refractivity contribution in [2.75, 3.05) is 19.7 Å². The highest BCUT2D eigenvalue weighted by atomic mass is 32.1. The minimum atomic E-state index is -0.141. The fraction of sp³-hybridized carbons (Fsp3) is 0.526. The number of H-pyrrole nitrogens is 1. The Kier molecular flexibility index (Phi) is 4.91. The molecular formula is C19H23N3O3S. The lowest BCUT2D eigenvalue weighted by Crippen LogP contribution is -2.53. The van der Waals surface area contributed by atoms with E-state index in [-0.39, 0.29) is 16.3 Å². The zero-order chi connectivity index (χ0) is 18.0. The van der Waals surface area contributed by atoms with Crippen molar-refractivity contribution < 1.29 is 13.9 Å². The van der Waals surface area contributed by atoms with Gasteiger partial charge in [0.15, 0.2) is 0 Å². The summed E-state index contributed by atoms with van der Waals surface area (Å²) in [5, 5.41) is 6.61. The van der Waals surface area contributed by atoms with E-state index in [9.17, 15) is 4.79 Å². The van der Waals surface area contributed by atoms with Crippen molar-refractivity contribution in [1.82, 2.24) is 15.1 Å². The second-order valence-electron chi connectivity index (χ2n) is 7.17. The van der Waals surface area contributed by atoms with Gasteiger partial charge in [0.2, 0.25) is 5.89 Å². The standard InChI is InChI=1S/C19H23N3O3S/c23-17(15-7-5-14(6-8-15)16-20-21-18(26)25-16)22-11-12-24-19(13-22)9-3-1-2-4-10-19/h5-8H,1-4,9-13H2,(H,21,26). The van der Waals surface area contributed by atoms with E-state index in [0.29, 0.717) is 31.2 Å². The predicted octanol–water partition coefficient (Wildman–Crippen LogP) is 3.96. The Morgan fingerprint density at radius 2 is 1.88 bits per heavy atom. The van der Waals surface area contributed by atoms with Gasteiger partial charge in [0.25, 0.3) is 10.7 Å². The van der Waals surface area contributed by atoms with E-state index in [2.05, 4.69) is 10.2 Å². The number of hydrogen-bond acceptors (Lipinski definition) is 5. The summed E-state index contributed by atoms with van der Waals surface area (Å²) < 4.78 is 11.5. The number of aromatic amines is 1. The van der Waals surface area contributed by atoms with Gasteiger partial charge in [-0.2, -0.15) is 0 Å². The summed E-state index contributed by atoms with van der Waals surface area (Å²) in [5.41, 5.74) is 1.32. The van der Waals surface area contributed by atoms with Gasteiger partial charge in [-0.15, -0.1) is 5.10 Å². The average Bonchev–Trinajstić information content (AvgIpc) is 2.98. The Morgan fingerprint density at radius 3 is 2.54 bits per heavy atom. The van der Waals surface area contributed by atoms with E-state index in [1.54, 1.807) is 0 Å². The molecule has 1 aromatic heterocycles. The van der Waals surface area contributed by atoms with Crippen LogP contribution >= 0.6 is 12.2 Å². The summed E-state index contributed by atoms with van der Waals surface area (Å²) in [4.78, 5) is 15.2. The first-order valence-corrected chi connectivity index (χ1v) is 9.65. The van der Waals surface area contributed by atoms with Crippen LogP contribution in [0.4, 0.5) is 0 Å². The molecule has 2 fully saturated rings. The van der Waals surface area contributed by atoms with E-state index in [1.165, 1.54) is 25.7 Å². The molecule has 7 heteroatoms. The lowest BCUT2D eigenvalue weighted by atomic mass is 9.92. The highest BCUT2D eigenvalue weighted by Gasteiger charge is 2.38. The van der Waals surface area contributed by atoms with E-state index in [1.807, 2.05) is 29.2 Å². The number of carbonyl (C=O) groups is 1. The van der Waals surface area contributed by atoms with Crippen LogP contribution in [0.25, 0.3) is 11.5 Å². The number of nitrogens with one attached hydrogen (secondary N) is 1. The smallest absolute Gasteiger partial charge is 0.284 e. The molecule has 1 saturated carbocycles. The molecule has 1 spiro atoms. The van der Waals surface area contributed by atoms with Crippen LogP contribution in [0, 0.1) is 4.84 Å². The van der Waals surface area contributed by atoms with Crippen LogP contribution in [0.3, 0.4) is 0 Å². The number of carbonyl (C=O) groups excluding carboxylic acids is 1. The molecule has 1 amide bonds. The topological polar surface area (TPSA) is 71.4 Å². The number of amides is 1. The molecule has 1 aromatic carbocycles. The minimum absolute atomic E-state index is 0.0615. The first-order valence-electron chi connectivity index (χ1n) is 9.24. The van der Waals surface area contributed by atoms with Crippen molar-refractivity contribution in [3.8, 4) is 11.5 Å². The lowest BCUT2D eigenvalue weighted by molar-refractivity contribution is -0.107. The van der Waals surface area contributed by atoms with Crippen LogP contribution < -0.4 is 0 Å². The molecule has 138 valence electrons. The maximum Gasteiger partial charge on any atom is 0.284 e. The Labute approximate surface area is 157 Å². The Balaban J connectivity index is 1.49. The first-order chi connectivity index (χ1) is 12.7. The fourth-order valence-corrected chi connectivity index (χ4v) is 4.11. The number of morpholine rings is 1. The molecule has 0 unspecified atom stereocenters. The van der Waals surface area contributed by atoms with Gasteiger partial charge >= 0.3 is 0 Å². The minimum Gasteiger partial charge on any atom is -0.409 e. The van der Waals surface area contributed by atoms with Crippen LogP contribution in [-0.4, -0.2) is 46.3 Å². The van der Waals surface area contributed by atoms with Gasteiger partial charge in [-0.3, -0.25) is 4.79 Å². The van der Waals surface area contributed by atoms with Crippen LogP contribution in [0.2, 0.25) is 0 Å². The molecule has 6 nitrogen and oxygen atoms in total. The molecule has 26 heavy (non-hydrogen) atoms. The number of benzene rings is 1. The lowest BCUT2D eigenvalue weighted by Gasteiger charge is -2.42.